The molecule has 0 saturated carbocycles. The van der Waals surface area contributed by atoms with Crippen LogP contribution in [0.2, 0.25) is 0 Å². The Morgan fingerprint density at radius 2 is 1.10 bits per heavy atom. The van der Waals surface area contributed by atoms with Crippen molar-refractivity contribution in [3.63, 3.8) is 0 Å². The van der Waals surface area contributed by atoms with Gasteiger partial charge in [0.15, 0.2) is 0 Å². The van der Waals surface area contributed by atoms with Gasteiger partial charge in [-0.25, -0.2) is 27.2 Å². The summed E-state index contributed by atoms with van der Waals surface area (Å²) < 4.78 is 60.1. The molecular formula is C34H54F4LiN4O8-. The van der Waals surface area contributed by atoms with Crippen molar-refractivity contribution in [1.29, 1.82) is 0 Å². The minimum absolute atomic E-state index is 0. The Hall–Kier alpha value is -3.00. The second-order valence-corrected chi connectivity index (χ2v) is 13.1. The molecule has 17 heteroatoms. The second-order valence-electron chi connectivity index (χ2n) is 13.1. The van der Waals surface area contributed by atoms with E-state index in [9.17, 15) is 41.8 Å². The molecule has 2 unspecified atom stereocenters. The molecule has 2 aromatic heterocycles. The van der Waals surface area contributed by atoms with E-state index in [1.165, 1.54) is 24.5 Å². The van der Waals surface area contributed by atoms with Crippen LogP contribution in [-0.2, 0) is 27.2 Å². The fourth-order valence-corrected chi connectivity index (χ4v) is 4.91. The molecule has 2 heterocycles. The van der Waals surface area contributed by atoms with Crippen molar-refractivity contribution in [2.75, 3.05) is 47.9 Å². The number of alkyl halides is 4. The normalized spacial score (nSPS) is 12.2. The van der Waals surface area contributed by atoms with Crippen LogP contribution < -0.4 is 30.0 Å². The molecule has 12 nitrogen and oxygen atoms in total. The SMILES string of the molecule is CC(C)CC(C(=O)O)n1cc(CCN(C)C)cc(C(F)F)c1=O.CCOC(=O)C(CC(C)C)n1cc(CCN(C)C)cc(C(F)F)c1=O.[Li+].[OH-].[OH-]. The summed E-state index contributed by atoms with van der Waals surface area (Å²) in [6, 6.07) is 0.384. The first kappa shape index (κ1) is 52.4. The van der Waals surface area contributed by atoms with Crippen molar-refractivity contribution < 1.29 is 66.8 Å². The Labute approximate surface area is 309 Å². The summed E-state index contributed by atoms with van der Waals surface area (Å²) >= 11 is 0. The monoisotopic (exact) mass is 729 g/mol. The third kappa shape index (κ3) is 17.4. The van der Waals surface area contributed by atoms with Crippen molar-refractivity contribution in [1.82, 2.24) is 18.9 Å². The van der Waals surface area contributed by atoms with Crippen molar-refractivity contribution in [3.8, 4) is 0 Å². The molecule has 0 bridgehead atoms. The third-order valence-corrected chi connectivity index (χ3v) is 7.32. The number of rotatable bonds is 17. The first-order chi connectivity index (χ1) is 22.3. The predicted molar refractivity (Wildman–Crippen MR) is 181 cm³/mol. The molecule has 0 aliphatic rings. The first-order valence-corrected chi connectivity index (χ1v) is 16.1. The van der Waals surface area contributed by atoms with E-state index in [-0.39, 0.29) is 54.7 Å². The maximum atomic E-state index is 13.3. The van der Waals surface area contributed by atoms with E-state index in [1.54, 1.807) is 6.92 Å². The summed E-state index contributed by atoms with van der Waals surface area (Å²) in [6.07, 6.45) is -1.39. The fraction of sp³-hybridized carbons (Fsp3) is 0.647. The van der Waals surface area contributed by atoms with Gasteiger partial charge in [-0.1, -0.05) is 27.7 Å². The molecule has 0 amide bonds. The molecule has 2 atom stereocenters. The Morgan fingerprint density at radius 1 is 0.745 bits per heavy atom. The number of carbonyl (C=O) groups excluding carboxylic acids is 1. The van der Waals surface area contributed by atoms with E-state index in [4.69, 9.17) is 4.74 Å². The average molecular weight is 730 g/mol. The van der Waals surface area contributed by atoms with E-state index < -0.39 is 59.1 Å². The summed E-state index contributed by atoms with van der Waals surface area (Å²) in [7, 11) is 7.46. The number of hydrogen-bond donors (Lipinski definition) is 1. The summed E-state index contributed by atoms with van der Waals surface area (Å²) in [5.41, 5.74) is -1.85. The standard InChI is InChI=1S/C18H28F2N2O3.C16H24F2N2O3.Li.2H2O/c1-6-25-18(24)15(9-12(2)3)22-11-13(7-8-21(4)5)10-14(16(19)20)17(22)23;1-10(2)7-13(16(22)23)20-9-11(5-6-19(3)4)8-12(14(17)18)15(20)21;;;/h10-12,15-16H,6-9H2,1-5H3;8-10,13-14H,5-7H2,1-4H3,(H,22,23);;2*1H2/q;;+1;;/p-2. The fourth-order valence-electron chi connectivity index (χ4n) is 4.91. The Bertz CT molecular complexity index is 1450. The van der Waals surface area contributed by atoms with Crippen molar-refractivity contribution >= 4 is 11.9 Å². The summed E-state index contributed by atoms with van der Waals surface area (Å²) in [5.74, 6) is -1.64. The number of carboxylic acids is 1. The van der Waals surface area contributed by atoms with Crippen LogP contribution in [-0.4, -0.2) is 94.8 Å². The summed E-state index contributed by atoms with van der Waals surface area (Å²) in [6.45, 7) is 10.6. The van der Waals surface area contributed by atoms with Crippen LogP contribution in [0, 0.1) is 11.8 Å². The summed E-state index contributed by atoms with van der Waals surface area (Å²) in [4.78, 5) is 52.4. The van der Waals surface area contributed by atoms with E-state index in [2.05, 4.69) is 0 Å². The molecule has 0 saturated heterocycles. The number of pyridine rings is 2. The second kappa shape index (κ2) is 25.1. The molecule has 0 spiro atoms. The van der Waals surface area contributed by atoms with E-state index in [0.717, 1.165) is 9.13 Å². The van der Waals surface area contributed by atoms with Gasteiger partial charge in [-0.05, 0) is 95.9 Å². The number of ether oxygens (including phenoxy) is 1. The number of aromatic nitrogens is 2. The molecule has 0 radical (unpaired) electrons. The van der Waals surface area contributed by atoms with Crippen LogP contribution in [0.1, 0.15) is 94.6 Å². The zero-order chi connectivity index (χ0) is 36.9. The number of carboxylic acid groups (broad SMARTS) is 1. The van der Waals surface area contributed by atoms with Crippen LogP contribution >= 0.6 is 0 Å². The van der Waals surface area contributed by atoms with Gasteiger partial charge >= 0.3 is 30.8 Å². The molecule has 0 fully saturated rings. The number of aliphatic carboxylic acids is 1. The molecule has 2 aromatic rings. The zero-order valence-electron chi connectivity index (χ0n) is 31.4. The van der Waals surface area contributed by atoms with Gasteiger partial charge in [-0.2, -0.15) is 0 Å². The topological polar surface area (TPSA) is 174 Å². The van der Waals surface area contributed by atoms with Gasteiger partial charge in [-0.3, -0.25) is 9.59 Å². The molecular weight excluding hydrogens is 675 g/mol. The Kier molecular flexibility index (Phi) is 25.7. The zero-order valence-corrected chi connectivity index (χ0v) is 31.4. The minimum Gasteiger partial charge on any atom is -0.870 e. The molecule has 3 N–H and O–H groups in total. The molecule has 0 aromatic carbocycles. The van der Waals surface area contributed by atoms with Gasteiger partial charge in [0.25, 0.3) is 24.0 Å². The van der Waals surface area contributed by atoms with E-state index >= 15 is 0 Å². The maximum absolute atomic E-state index is 13.3. The van der Waals surface area contributed by atoms with Gasteiger partial charge in [-0.15, -0.1) is 0 Å². The predicted octanol–water partition coefficient (Wildman–Crippen LogP) is 2.25. The van der Waals surface area contributed by atoms with Crippen LogP contribution in [0.3, 0.4) is 0 Å². The van der Waals surface area contributed by atoms with Crippen LogP contribution in [0.5, 0.6) is 0 Å². The first-order valence-electron chi connectivity index (χ1n) is 16.1. The summed E-state index contributed by atoms with van der Waals surface area (Å²) in [5, 5.41) is 9.38. The van der Waals surface area contributed by atoms with Crippen LogP contribution in [0.4, 0.5) is 17.6 Å². The van der Waals surface area contributed by atoms with Gasteiger partial charge in [0.1, 0.15) is 12.1 Å². The Balaban J connectivity index is -0.000000856. The molecule has 288 valence electrons. The number of hydrogen-bond acceptors (Lipinski definition) is 9. The number of nitrogens with zero attached hydrogens (tertiary/aromatic N) is 4. The third-order valence-electron chi connectivity index (χ3n) is 7.32. The number of carbonyl (C=O) groups is 2. The van der Waals surface area contributed by atoms with Crippen LogP contribution in [0.15, 0.2) is 34.1 Å². The van der Waals surface area contributed by atoms with Crippen molar-refractivity contribution in [2.45, 2.75) is 85.2 Å². The molecule has 2 rings (SSSR count). The van der Waals surface area contributed by atoms with Crippen molar-refractivity contribution in [2.24, 2.45) is 11.8 Å². The van der Waals surface area contributed by atoms with E-state index in [0.29, 0.717) is 43.5 Å². The van der Waals surface area contributed by atoms with Crippen LogP contribution in [0.25, 0.3) is 0 Å². The van der Waals surface area contributed by atoms with E-state index in [1.807, 2.05) is 65.7 Å². The number of likely N-dealkylation sites (N-methyl/N-ethyl adjacent to an activating group) is 2. The van der Waals surface area contributed by atoms with Gasteiger partial charge in [0.2, 0.25) is 0 Å². The van der Waals surface area contributed by atoms with Crippen molar-refractivity contribution in [3.05, 3.63) is 67.5 Å². The quantitative estimate of drug-likeness (QED) is 0.145. The molecule has 51 heavy (non-hydrogen) atoms. The number of halogens is 4. The van der Waals surface area contributed by atoms with Gasteiger partial charge in [0, 0.05) is 25.5 Å². The Morgan fingerprint density at radius 3 is 1.39 bits per heavy atom. The maximum Gasteiger partial charge on any atom is 1.00 e. The smallest absolute Gasteiger partial charge is 0.870 e. The largest absolute Gasteiger partial charge is 1.00 e. The minimum atomic E-state index is -2.93. The average Bonchev–Trinajstić information content (AvgIpc) is 2.97. The number of esters is 1. The molecule has 0 aliphatic heterocycles. The molecule has 0 aliphatic carbocycles. The van der Waals surface area contributed by atoms with Gasteiger partial charge < -0.3 is 39.7 Å². The van der Waals surface area contributed by atoms with Gasteiger partial charge in [0.05, 0.1) is 17.7 Å².